The standard InChI is InChI=1S/C30H34Cl2N2O2/c1-23-16-27(12-13-28(23)32)36-22-30(18-29(35)33(2)19-24-8-4-3-5-9-24)14-7-15-34(21-30)20-25-10-6-11-26(31)17-25/h3-6,8-13,16-17H,7,14-15,18-22H2,1-2H3/t30-/m0/s1. The largest absolute Gasteiger partial charge is 0.493 e. The van der Waals surface area contributed by atoms with E-state index in [9.17, 15) is 4.79 Å². The first-order valence-corrected chi connectivity index (χ1v) is 13.2. The molecule has 3 aromatic carbocycles. The second kappa shape index (κ2) is 12.1. The number of ether oxygens (including phenoxy) is 1. The minimum Gasteiger partial charge on any atom is -0.493 e. The van der Waals surface area contributed by atoms with Crippen molar-refractivity contribution in [2.75, 3.05) is 26.7 Å². The molecule has 4 rings (SSSR count). The number of likely N-dealkylation sites (tertiary alicyclic amines) is 1. The predicted octanol–water partition coefficient (Wildman–Crippen LogP) is 7.01. The Bertz CT molecular complexity index is 1170. The highest BCUT2D eigenvalue weighted by Gasteiger charge is 2.39. The van der Waals surface area contributed by atoms with Crippen LogP contribution in [0.25, 0.3) is 0 Å². The van der Waals surface area contributed by atoms with Gasteiger partial charge in [-0.15, -0.1) is 0 Å². The van der Waals surface area contributed by atoms with Crippen molar-refractivity contribution >= 4 is 29.1 Å². The second-order valence-corrected chi connectivity index (χ2v) is 10.9. The molecule has 36 heavy (non-hydrogen) atoms. The zero-order valence-electron chi connectivity index (χ0n) is 21.1. The minimum atomic E-state index is -0.285. The summed E-state index contributed by atoms with van der Waals surface area (Å²) in [5, 5.41) is 1.47. The summed E-state index contributed by atoms with van der Waals surface area (Å²) in [6.45, 7) is 5.63. The van der Waals surface area contributed by atoms with Crippen LogP contribution in [0.2, 0.25) is 10.0 Å². The van der Waals surface area contributed by atoms with Crippen LogP contribution in [0.3, 0.4) is 0 Å². The number of halogens is 2. The number of hydrogen-bond acceptors (Lipinski definition) is 3. The van der Waals surface area contributed by atoms with Crippen LogP contribution in [0.1, 0.15) is 36.0 Å². The Kier molecular flexibility index (Phi) is 8.95. The number of benzene rings is 3. The van der Waals surface area contributed by atoms with Gasteiger partial charge in [0.05, 0.1) is 6.61 Å². The molecule has 0 N–H and O–H groups in total. The van der Waals surface area contributed by atoms with Crippen molar-refractivity contribution in [3.63, 3.8) is 0 Å². The fraction of sp³-hybridized carbons (Fsp3) is 0.367. The highest BCUT2D eigenvalue weighted by atomic mass is 35.5. The summed E-state index contributed by atoms with van der Waals surface area (Å²) in [4.78, 5) is 17.7. The van der Waals surface area contributed by atoms with Gasteiger partial charge >= 0.3 is 0 Å². The van der Waals surface area contributed by atoms with Crippen LogP contribution in [0.4, 0.5) is 0 Å². The molecule has 0 spiro atoms. The third-order valence-electron chi connectivity index (χ3n) is 6.92. The molecule has 0 aromatic heterocycles. The Hall–Kier alpha value is -2.53. The van der Waals surface area contributed by atoms with Gasteiger partial charge < -0.3 is 9.64 Å². The number of rotatable bonds is 9. The summed E-state index contributed by atoms with van der Waals surface area (Å²) >= 11 is 12.4. The average Bonchev–Trinajstić information content (AvgIpc) is 2.85. The van der Waals surface area contributed by atoms with Crippen molar-refractivity contribution in [3.05, 3.63) is 99.5 Å². The van der Waals surface area contributed by atoms with Crippen molar-refractivity contribution < 1.29 is 9.53 Å². The number of carbonyl (C=O) groups is 1. The van der Waals surface area contributed by atoms with Crippen LogP contribution >= 0.6 is 23.2 Å². The van der Waals surface area contributed by atoms with Crippen molar-refractivity contribution in [2.45, 2.75) is 39.3 Å². The third-order valence-corrected chi connectivity index (χ3v) is 7.58. The van der Waals surface area contributed by atoms with Gasteiger partial charge in [-0.3, -0.25) is 9.69 Å². The molecule has 6 heteroatoms. The first-order valence-electron chi connectivity index (χ1n) is 12.5. The van der Waals surface area contributed by atoms with Gasteiger partial charge in [-0.2, -0.15) is 0 Å². The average molecular weight is 526 g/mol. The summed E-state index contributed by atoms with van der Waals surface area (Å²) in [6.07, 6.45) is 2.39. The maximum Gasteiger partial charge on any atom is 0.223 e. The fourth-order valence-corrected chi connectivity index (χ4v) is 5.33. The molecule has 1 heterocycles. The molecule has 0 saturated carbocycles. The van der Waals surface area contributed by atoms with Gasteiger partial charge in [0, 0.05) is 48.6 Å². The minimum absolute atomic E-state index is 0.138. The molecule has 0 radical (unpaired) electrons. The van der Waals surface area contributed by atoms with Crippen LogP contribution in [0.5, 0.6) is 5.75 Å². The predicted molar refractivity (Wildman–Crippen MR) is 148 cm³/mol. The molecule has 1 atom stereocenters. The van der Waals surface area contributed by atoms with Gasteiger partial charge in [0.1, 0.15) is 5.75 Å². The molecule has 1 amide bonds. The molecule has 1 aliphatic rings. The maximum atomic E-state index is 13.5. The normalized spacial score (nSPS) is 18.1. The number of amides is 1. The lowest BCUT2D eigenvalue weighted by Crippen LogP contribution is -2.48. The Labute approximate surface area is 224 Å². The van der Waals surface area contributed by atoms with E-state index in [0.717, 1.165) is 59.4 Å². The fourth-order valence-electron chi connectivity index (χ4n) is 5.00. The van der Waals surface area contributed by atoms with E-state index in [1.54, 1.807) is 0 Å². The molecule has 3 aromatic rings. The lowest BCUT2D eigenvalue weighted by molar-refractivity contribution is -0.135. The summed E-state index contributed by atoms with van der Waals surface area (Å²) in [5.41, 5.74) is 3.00. The van der Waals surface area contributed by atoms with E-state index in [1.807, 2.05) is 73.5 Å². The van der Waals surface area contributed by atoms with Gasteiger partial charge in [0.15, 0.2) is 0 Å². The van der Waals surface area contributed by atoms with Crippen molar-refractivity contribution in [2.24, 2.45) is 5.41 Å². The SMILES string of the molecule is Cc1cc(OC[C@]2(CC(=O)N(C)Cc3ccccc3)CCCN(Cc3cccc(Cl)c3)C2)ccc1Cl. The zero-order valence-corrected chi connectivity index (χ0v) is 22.6. The van der Waals surface area contributed by atoms with E-state index in [0.29, 0.717) is 19.6 Å². The molecule has 1 saturated heterocycles. The lowest BCUT2D eigenvalue weighted by atomic mass is 9.77. The van der Waals surface area contributed by atoms with Gasteiger partial charge in [0.25, 0.3) is 0 Å². The highest BCUT2D eigenvalue weighted by molar-refractivity contribution is 6.31. The monoisotopic (exact) mass is 524 g/mol. The summed E-state index contributed by atoms with van der Waals surface area (Å²) < 4.78 is 6.32. The highest BCUT2D eigenvalue weighted by Crippen LogP contribution is 2.36. The Morgan fingerprint density at radius 3 is 2.56 bits per heavy atom. The number of carbonyl (C=O) groups excluding carboxylic acids is 1. The van der Waals surface area contributed by atoms with Crippen LogP contribution in [-0.2, 0) is 17.9 Å². The third kappa shape index (κ3) is 7.25. The Balaban J connectivity index is 1.50. The van der Waals surface area contributed by atoms with Crippen LogP contribution in [0, 0.1) is 12.3 Å². The zero-order chi connectivity index (χ0) is 25.5. The number of aryl methyl sites for hydroxylation is 1. The van der Waals surface area contributed by atoms with Gasteiger partial charge in [0.2, 0.25) is 5.91 Å². The lowest BCUT2D eigenvalue weighted by Gasteiger charge is -2.43. The summed E-state index contributed by atoms with van der Waals surface area (Å²) in [7, 11) is 1.89. The first-order chi connectivity index (χ1) is 17.3. The molecule has 1 aliphatic heterocycles. The molecule has 0 unspecified atom stereocenters. The van der Waals surface area contributed by atoms with Gasteiger partial charge in [-0.1, -0.05) is 65.7 Å². The van der Waals surface area contributed by atoms with Crippen molar-refractivity contribution in [1.82, 2.24) is 9.80 Å². The van der Waals surface area contributed by atoms with Crippen molar-refractivity contribution in [1.29, 1.82) is 0 Å². The van der Waals surface area contributed by atoms with Crippen LogP contribution in [0.15, 0.2) is 72.8 Å². The second-order valence-electron chi connectivity index (χ2n) is 10.1. The summed E-state index contributed by atoms with van der Waals surface area (Å²) in [6, 6.07) is 23.9. The number of piperidine rings is 1. The van der Waals surface area contributed by atoms with E-state index < -0.39 is 0 Å². The van der Waals surface area contributed by atoms with Crippen molar-refractivity contribution in [3.8, 4) is 5.75 Å². The Morgan fingerprint density at radius 1 is 1.03 bits per heavy atom. The number of nitrogens with zero attached hydrogens (tertiary/aromatic N) is 2. The Morgan fingerprint density at radius 2 is 1.81 bits per heavy atom. The van der Waals surface area contributed by atoms with Crippen LogP contribution in [-0.4, -0.2) is 42.5 Å². The van der Waals surface area contributed by atoms with E-state index in [4.69, 9.17) is 27.9 Å². The molecular formula is C30H34Cl2N2O2. The van der Waals surface area contributed by atoms with E-state index in [-0.39, 0.29) is 11.3 Å². The van der Waals surface area contributed by atoms with Crippen LogP contribution < -0.4 is 4.74 Å². The van der Waals surface area contributed by atoms with Gasteiger partial charge in [-0.25, -0.2) is 0 Å². The smallest absolute Gasteiger partial charge is 0.223 e. The molecule has 0 aliphatic carbocycles. The molecule has 0 bridgehead atoms. The van der Waals surface area contributed by atoms with E-state index in [2.05, 4.69) is 23.1 Å². The first kappa shape index (κ1) is 26.5. The van der Waals surface area contributed by atoms with E-state index in [1.165, 1.54) is 5.56 Å². The molecule has 4 nitrogen and oxygen atoms in total. The number of hydrogen-bond donors (Lipinski definition) is 0. The summed E-state index contributed by atoms with van der Waals surface area (Å²) in [5.74, 6) is 0.924. The maximum absolute atomic E-state index is 13.5. The quantitative estimate of drug-likeness (QED) is 0.301. The molecule has 1 fully saturated rings. The van der Waals surface area contributed by atoms with Gasteiger partial charge in [-0.05, 0) is 73.3 Å². The molecular weight excluding hydrogens is 491 g/mol. The molecule has 190 valence electrons. The topological polar surface area (TPSA) is 32.8 Å². The van der Waals surface area contributed by atoms with E-state index >= 15 is 0 Å².